The van der Waals surface area contributed by atoms with Crippen LogP contribution in [0.25, 0.3) is 50.2 Å². The zero-order valence-corrected chi connectivity index (χ0v) is 20.8. The summed E-state index contributed by atoms with van der Waals surface area (Å²) < 4.78 is 4.85. The van der Waals surface area contributed by atoms with E-state index >= 15 is 0 Å². The van der Waals surface area contributed by atoms with Crippen LogP contribution in [-0.4, -0.2) is 9.36 Å². The van der Waals surface area contributed by atoms with Gasteiger partial charge in [0.1, 0.15) is 5.01 Å². The van der Waals surface area contributed by atoms with Crippen molar-refractivity contribution >= 4 is 40.0 Å². The quantitative estimate of drug-likeness (QED) is 0.252. The smallest absolute Gasteiger partial charge is 0.170 e. The Kier molecular flexibility index (Phi) is 4.55. The van der Waals surface area contributed by atoms with Crippen molar-refractivity contribution in [1.82, 2.24) is 9.36 Å². The standard InChI is InChI=1S/C34H22N2S/c1-2-6-26-19-27(18-13-21(26)5-1)22-11-16-25(17-12-22)34-35-33(36-37-34)30-20-28-9-3-7-23-14-15-24-8-4-10-29(30)32(24)31(23)28/h1-20,29,32H. The maximum absolute atomic E-state index is 5.04. The van der Waals surface area contributed by atoms with E-state index in [0.717, 1.165) is 16.4 Å². The van der Waals surface area contributed by atoms with Crippen LogP contribution in [0.2, 0.25) is 0 Å². The maximum Gasteiger partial charge on any atom is 0.170 e. The van der Waals surface area contributed by atoms with Crippen molar-refractivity contribution in [1.29, 1.82) is 0 Å². The molecule has 0 spiro atoms. The zero-order chi connectivity index (χ0) is 24.3. The molecule has 0 amide bonds. The van der Waals surface area contributed by atoms with Crippen LogP contribution in [0.1, 0.15) is 28.4 Å². The Labute approximate surface area is 219 Å². The molecular weight excluding hydrogens is 468 g/mol. The van der Waals surface area contributed by atoms with Crippen molar-refractivity contribution in [3.8, 4) is 21.7 Å². The molecule has 0 aliphatic heterocycles. The molecule has 0 bridgehead atoms. The van der Waals surface area contributed by atoms with Crippen molar-refractivity contribution in [3.05, 3.63) is 137 Å². The third kappa shape index (κ3) is 3.32. The molecule has 0 N–H and O–H groups in total. The summed E-state index contributed by atoms with van der Waals surface area (Å²) in [6, 6.07) is 30.4. The first-order chi connectivity index (χ1) is 18.3. The first kappa shape index (κ1) is 20.8. The number of aromatic nitrogens is 2. The van der Waals surface area contributed by atoms with E-state index in [4.69, 9.17) is 9.36 Å². The fourth-order valence-electron chi connectivity index (χ4n) is 6.02. The van der Waals surface area contributed by atoms with Gasteiger partial charge in [-0.25, -0.2) is 4.98 Å². The summed E-state index contributed by atoms with van der Waals surface area (Å²) in [5.74, 6) is 1.45. The molecule has 4 aromatic carbocycles. The van der Waals surface area contributed by atoms with Crippen LogP contribution < -0.4 is 0 Å². The van der Waals surface area contributed by atoms with E-state index in [9.17, 15) is 0 Å². The molecule has 3 aliphatic carbocycles. The van der Waals surface area contributed by atoms with Crippen LogP contribution in [0.15, 0.2) is 115 Å². The lowest BCUT2D eigenvalue weighted by atomic mass is 9.66. The molecule has 37 heavy (non-hydrogen) atoms. The highest BCUT2D eigenvalue weighted by molar-refractivity contribution is 7.09. The lowest BCUT2D eigenvalue weighted by molar-refractivity contribution is 0.676. The van der Waals surface area contributed by atoms with Crippen molar-refractivity contribution in [2.75, 3.05) is 0 Å². The van der Waals surface area contributed by atoms with E-state index in [1.165, 1.54) is 61.3 Å². The van der Waals surface area contributed by atoms with Crippen LogP contribution in [0.3, 0.4) is 0 Å². The summed E-state index contributed by atoms with van der Waals surface area (Å²) in [6.45, 7) is 0. The van der Waals surface area contributed by atoms with Gasteiger partial charge in [-0.1, -0.05) is 109 Å². The molecular formula is C34H22N2S. The molecule has 0 saturated carbocycles. The second kappa shape index (κ2) is 8.09. The second-order valence-electron chi connectivity index (χ2n) is 9.90. The SMILES string of the molecule is C1=CC2C(c3nsc(-c4ccc(-c5ccc6ccccc6c5)cc4)n3)=Cc3cccc4c3C2C(=C1)C=C4. The third-order valence-corrected chi connectivity index (χ3v) is 8.60. The molecule has 3 aliphatic rings. The molecule has 2 nitrogen and oxygen atoms in total. The monoisotopic (exact) mass is 490 g/mol. The molecule has 174 valence electrons. The topological polar surface area (TPSA) is 25.8 Å². The van der Waals surface area contributed by atoms with E-state index in [-0.39, 0.29) is 5.92 Å². The van der Waals surface area contributed by atoms with E-state index < -0.39 is 0 Å². The van der Waals surface area contributed by atoms with Crippen molar-refractivity contribution in [3.63, 3.8) is 0 Å². The summed E-state index contributed by atoms with van der Waals surface area (Å²) in [5, 5.41) is 3.48. The molecule has 2 atom stereocenters. The van der Waals surface area contributed by atoms with Crippen LogP contribution in [0.5, 0.6) is 0 Å². The summed E-state index contributed by atoms with van der Waals surface area (Å²) in [7, 11) is 0. The lowest BCUT2D eigenvalue weighted by Crippen LogP contribution is -2.23. The number of hydrogen-bond acceptors (Lipinski definition) is 3. The van der Waals surface area contributed by atoms with Gasteiger partial charge in [0.2, 0.25) is 0 Å². The van der Waals surface area contributed by atoms with Crippen molar-refractivity contribution in [2.24, 2.45) is 5.92 Å². The van der Waals surface area contributed by atoms with Gasteiger partial charge >= 0.3 is 0 Å². The molecule has 0 radical (unpaired) electrons. The highest BCUT2D eigenvalue weighted by Gasteiger charge is 2.37. The number of nitrogens with zero attached hydrogens (tertiary/aromatic N) is 2. The van der Waals surface area contributed by atoms with Gasteiger partial charge in [-0.3, -0.25) is 0 Å². The number of hydrogen-bond donors (Lipinski definition) is 0. The van der Waals surface area contributed by atoms with Gasteiger partial charge < -0.3 is 0 Å². The fraction of sp³-hybridized carbons (Fsp3) is 0.0588. The Bertz CT molecular complexity index is 1830. The van der Waals surface area contributed by atoms with Gasteiger partial charge in [0.05, 0.1) is 0 Å². The molecule has 5 aromatic rings. The Morgan fingerprint density at radius 2 is 1.51 bits per heavy atom. The zero-order valence-electron chi connectivity index (χ0n) is 20.0. The predicted molar refractivity (Wildman–Crippen MR) is 155 cm³/mol. The van der Waals surface area contributed by atoms with E-state index in [1.807, 2.05) is 0 Å². The normalized spacial score (nSPS) is 18.9. The second-order valence-corrected chi connectivity index (χ2v) is 10.7. The van der Waals surface area contributed by atoms with Crippen LogP contribution in [0, 0.1) is 5.92 Å². The number of allylic oxidation sites excluding steroid dienone is 6. The molecule has 2 unspecified atom stereocenters. The van der Waals surface area contributed by atoms with Crippen LogP contribution in [-0.2, 0) is 0 Å². The molecule has 1 aromatic heterocycles. The van der Waals surface area contributed by atoms with Gasteiger partial charge in [0.25, 0.3) is 0 Å². The van der Waals surface area contributed by atoms with Gasteiger partial charge in [-0.15, -0.1) is 0 Å². The van der Waals surface area contributed by atoms with Gasteiger partial charge in [-0.05, 0) is 67.8 Å². The number of fused-ring (bicyclic) bond motifs is 1. The van der Waals surface area contributed by atoms with Crippen molar-refractivity contribution in [2.45, 2.75) is 5.92 Å². The molecule has 8 rings (SSSR count). The maximum atomic E-state index is 5.04. The average molecular weight is 491 g/mol. The summed E-state index contributed by atoms with van der Waals surface area (Å²) in [5.41, 5.74) is 10.2. The van der Waals surface area contributed by atoms with Crippen molar-refractivity contribution < 1.29 is 0 Å². The first-order valence-electron chi connectivity index (χ1n) is 12.7. The van der Waals surface area contributed by atoms with Gasteiger partial charge in [0, 0.05) is 23.0 Å². The predicted octanol–water partition coefficient (Wildman–Crippen LogP) is 8.80. The van der Waals surface area contributed by atoms with Gasteiger partial charge in [-0.2, -0.15) is 4.37 Å². The highest BCUT2D eigenvalue weighted by atomic mass is 32.1. The lowest BCUT2D eigenvalue weighted by Gasteiger charge is -2.37. The van der Waals surface area contributed by atoms with E-state index in [2.05, 4.69) is 121 Å². The number of rotatable bonds is 3. The average Bonchev–Trinajstić information content (AvgIpc) is 3.46. The minimum absolute atomic E-state index is 0.260. The Balaban J connectivity index is 1.14. The molecule has 1 heterocycles. The van der Waals surface area contributed by atoms with Crippen LogP contribution >= 0.6 is 11.5 Å². The van der Waals surface area contributed by atoms with E-state index in [1.54, 1.807) is 0 Å². The largest absolute Gasteiger partial charge is 0.215 e. The highest BCUT2D eigenvalue weighted by Crippen LogP contribution is 2.51. The third-order valence-electron chi connectivity index (χ3n) is 7.83. The Hall–Kier alpha value is -4.34. The molecule has 3 heteroatoms. The Morgan fingerprint density at radius 1 is 0.703 bits per heavy atom. The fourth-order valence-corrected chi connectivity index (χ4v) is 6.71. The molecule has 0 fully saturated rings. The minimum atomic E-state index is 0.260. The summed E-state index contributed by atoms with van der Waals surface area (Å²) in [6.07, 6.45) is 13.6. The van der Waals surface area contributed by atoms with Crippen LogP contribution in [0.4, 0.5) is 0 Å². The molecule has 0 saturated heterocycles. The minimum Gasteiger partial charge on any atom is -0.215 e. The van der Waals surface area contributed by atoms with E-state index in [0.29, 0.717) is 5.92 Å². The Morgan fingerprint density at radius 3 is 2.43 bits per heavy atom. The van der Waals surface area contributed by atoms with Gasteiger partial charge in [0.15, 0.2) is 5.82 Å². The summed E-state index contributed by atoms with van der Waals surface area (Å²) in [4.78, 5) is 5.04. The number of benzene rings is 4. The first-order valence-corrected chi connectivity index (χ1v) is 13.4. The summed E-state index contributed by atoms with van der Waals surface area (Å²) >= 11 is 1.48.